The van der Waals surface area contributed by atoms with Gasteiger partial charge >= 0.3 is 6.09 Å². The largest absolute Gasteiger partial charge is 0.444 e. The molecule has 1 saturated heterocycles. The van der Waals surface area contributed by atoms with Gasteiger partial charge in [-0.2, -0.15) is 0 Å². The minimum absolute atomic E-state index is 0.162. The zero-order valence-electron chi connectivity index (χ0n) is 14.7. The Morgan fingerprint density at radius 1 is 1.43 bits per heavy atom. The van der Waals surface area contributed by atoms with Gasteiger partial charge in [0.25, 0.3) is 0 Å². The van der Waals surface area contributed by atoms with Crippen molar-refractivity contribution in [2.24, 2.45) is 0 Å². The van der Waals surface area contributed by atoms with E-state index in [9.17, 15) is 4.79 Å². The first-order valence-electron chi connectivity index (χ1n) is 8.53. The van der Waals surface area contributed by atoms with E-state index >= 15 is 0 Å². The number of fused-ring (bicyclic) bond motifs is 3. The lowest BCUT2D eigenvalue weighted by atomic mass is 9.95. The first-order valence-corrected chi connectivity index (χ1v) is 8.53. The van der Waals surface area contributed by atoms with Crippen molar-refractivity contribution >= 4 is 11.9 Å². The smallest absolute Gasteiger partial charge is 0.410 e. The van der Waals surface area contributed by atoms with E-state index in [-0.39, 0.29) is 18.2 Å². The molecule has 3 unspecified atom stereocenters. The van der Waals surface area contributed by atoms with E-state index < -0.39 is 5.60 Å². The molecule has 5 heteroatoms. The van der Waals surface area contributed by atoms with E-state index in [1.165, 1.54) is 5.56 Å². The summed E-state index contributed by atoms with van der Waals surface area (Å²) < 4.78 is 5.64. The molecule has 126 valence electrons. The Labute approximate surface area is 138 Å². The average molecular weight is 317 g/mol. The van der Waals surface area contributed by atoms with Crippen molar-refractivity contribution in [1.82, 2.24) is 9.88 Å². The number of carbonyl (C=O) groups excluding carboxylic acids is 1. The van der Waals surface area contributed by atoms with E-state index in [1.807, 2.05) is 37.9 Å². The van der Waals surface area contributed by atoms with Gasteiger partial charge < -0.3 is 14.5 Å². The van der Waals surface area contributed by atoms with Crippen molar-refractivity contribution in [3.8, 4) is 0 Å². The third kappa shape index (κ3) is 2.89. The molecule has 2 aliphatic rings. The summed E-state index contributed by atoms with van der Waals surface area (Å²) in [7, 11) is 0. The molecular weight excluding hydrogens is 290 g/mol. The normalized spacial score (nSPS) is 26.7. The van der Waals surface area contributed by atoms with Crippen molar-refractivity contribution < 1.29 is 9.53 Å². The van der Waals surface area contributed by atoms with Gasteiger partial charge in [0, 0.05) is 18.8 Å². The first-order chi connectivity index (χ1) is 10.8. The van der Waals surface area contributed by atoms with Crippen molar-refractivity contribution in [2.75, 3.05) is 11.4 Å². The maximum atomic E-state index is 12.7. The third-order valence-corrected chi connectivity index (χ3v) is 4.72. The Bertz CT molecular complexity index is 596. The molecule has 1 aromatic rings. The second-order valence-electron chi connectivity index (χ2n) is 7.62. The van der Waals surface area contributed by atoms with Crippen LogP contribution in [0.3, 0.4) is 0 Å². The summed E-state index contributed by atoms with van der Waals surface area (Å²) in [5.41, 5.74) is 0.824. The molecule has 0 radical (unpaired) electrons. The minimum atomic E-state index is -0.462. The van der Waals surface area contributed by atoms with Crippen LogP contribution in [-0.4, -0.2) is 46.2 Å². The topological polar surface area (TPSA) is 45.7 Å². The number of carbonyl (C=O) groups is 1. The lowest BCUT2D eigenvalue weighted by Crippen LogP contribution is -2.64. The number of anilines is 1. The number of ether oxygens (including phenoxy) is 1. The van der Waals surface area contributed by atoms with Crippen LogP contribution in [0.4, 0.5) is 10.6 Å². The monoisotopic (exact) mass is 317 g/mol. The molecule has 0 aromatic carbocycles. The fraction of sp³-hybridized carbons (Fsp3) is 0.667. The second-order valence-corrected chi connectivity index (χ2v) is 7.62. The summed E-state index contributed by atoms with van der Waals surface area (Å²) in [6.45, 7) is 10.7. The summed E-state index contributed by atoms with van der Waals surface area (Å²) in [5.74, 6) is 1.09. The lowest BCUT2D eigenvalue weighted by molar-refractivity contribution is 0.00525. The molecule has 1 amide bonds. The molecule has 0 spiro atoms. The molecular formula is C18H27N3O2. The molecule has 1 aromatic heterocycles. The Hall–Kier alpha value is -1.78. The maximum absolute atomic E-state index is 12.7. The molecule has 5 nitrogen and oxygen atoms in total. The zero-order chi connectivity index (χ0) is 16.8. The predicted molar refractivity (Wildman–Crippen MR) is 90.7 cm³/mol. The third-order valence-electron chi connectivity index (χ3n) is 4.72. The fourth-order valence-electron chi connectivity index (χ4n) is 3.90. The van der Waals surface area contributed by atoms with E-state index in [0.29, 0.717) is 12.6 Å². The van der Waals surface area contributed by atoms with Crippen LogP contribution >= 0.6 is 0 Å². The Balaban J connectivity index is 1.87. The predicted octanol–water partition coefficient (Wildman–Crippen LogP) is 3.23. The van der Waals surface area contributed by atoms with Crippen LogP contribution in [0.15, 0.2) is 18.3 Å². The number of amides is 1. The molecule has 3 heterocycles. The van der Waals surface area contributed by atoms with Crippen molar-refractivity contribution in [3.05, 3.63) is 23.9 Å². The molecule has 0 N–H and O–H groups in total. The molecule has 0 aliphatic carbocycles. The highest BCUT2D eigenvalue weighted by Crippen LogP contribution is 2.38. The van der Waals surface area contributed by atoms with Gasteiger partial charge in [0.15, 0.2) is 0 Å². The van der Waals surface area contributed by atoms with Crippen LogP contribution in [0.1, 0.15) is 46.6 Å². The summed E-state index contributed by atoms with van der Waals surface area (Å²) >= 11 is 0. The Morgan fingerprint density at radius 2 is 2.17 bits per heavy atom. The average Bonchev–Trinajstić information content (AvgIpc) is 2.85. The molecule has 3 rings (SSSR count). The Morgan fingerprint density at radius 3 is 2.83 bits per heavy atom. The van der Waals surface area contributed by atoms with Crippen molar-refractivity contribution in [3.63, 3.8) is 0 Å². The lowest BCUT2D eigenvalue weighted by Gasteiger charge is -2.48. The highest BCUT2D eigenvalue weighted by molar-refractivity contribution is 5.70. The molecule has 23 heavy (non-hydrogen) atoms. The SMILES string of the molecule is CCC1C2Cc3cccnc3N2C(C)CN1C(=O)OC(C)(C)C. The van der Waals surface area contributed by atoms with Gasteiger partial charge in [-0.15, -0.1) is 0 Å². The van der Waals surface area contributed by atoms with Gasteiger partial charge in [0.05, 0.1) is 12.1 Å². The van der Waals surface area contributed by atoms with Crippen LogP contribution in [0.2, 0.25) is 0 Å². The maximum Gasteiger partial charge on any atom is 0.410 e. The Kier molecular flexibility index (Phi) is 3.98. The number of piperazine rings is 1. The zero-order valence-corrected chi connectivity index (χ0v) is 14.7. The van der Waals surface area contributed by atoms with E-state index in [0.717, 1.165) is 18.7 Å². The number of rotatable bonds is 1. The highest BCUT2D eigenvalue weighted by atomic mass is 16.6. The standard InChI is InChI=1S/C18H27N3O2/c1-6-14-15-10-13-8-7-9-19-16(13)21(15)12(2)11-20(14)17(22)23-18(3,4)5/h7-9,12,14-15H,6,10-11H2,1-5H3. The molecule has 0 saturated carbocycles. The summed E-state index contributed by atoms with van der Waals surface area (Å²) in [6, 6.07) is 4.84. The van der Waals surface area contributed by atoms with E-state index in [1.54, 1.807) is 0 Å². The minimum Gasteiger partial charge on any atom is -0.444 e. The van der Waals surface area contributed by atoms with Gasteiger partial charge in [-0.25, -0.2) is 9.78 Å². The number of aromatic nitrogens is 1. The van der Waals surface area contributed by atoms with Gasteiger partial charge in [0.1, 0.15) is 11.4 Å². The number of nitrogens with zero attached hydrogens (tertiary/aromatic N) is 3. The van der Waals surface area contributed by atoms with Crippen LogP contribution in [0.25, 0.3) is 0 Å². The number of hydrogen-bond acceptors (Lipinski definition) is 4. The van der Waals surface area contributed by atoms with Gasteiger partial charge in [-0.05, 0) is 52.2 Å². The summed E-state index contributed by atoms with van der Waals surface area (Å²) in [4.78, 5) is 21.6. The summed E-state index contributed by atoms with van der Waals surface area (Å²) in [6.07, 6.45) is 3.53. The number of pyridine rings is 1. The van der Waals surface area contributed by atoms with E-state index in [4.69, 9.17) is 4.74 Å². The van der Waals surface area contributed by atoms with Crippen LogP contribution in [-0.2, 0) is 11.2 Å². The van der Waals surface area contributed by atoms with Crippen molar-refractivity contribution in [1.29, 1.82) is 0 Å². The van der Waals surface area contributed by atoms with Gasteiger partial charge in [-0.3, -0.25) is 0 Å². The van der Waals surface area contributed by atoms with Gasteiger partial charge in [0.2, 0.25) is 0 Å². The molecule has 0 bridgehead atoms. The number of hydrogen-bond donors (Lipinski definition) is 0. The second kappa shape index (κ2) is 5.69. The van der Waals surface area contributed by atoms with Crippen LogP contribution in [0, 0.1) is 0 Å². The van der Waals surface area contributed by atoms with Gasteiger partial charge in [-0.1, -0.05) is 13.0 Å². The molecule has 1 fully saturated rings. The summed E-state index contributed by atoms with van der Waals surface area (Å²) in [5, 5.41) is 0. The quantitative estimate of drug-likeness (QED) is 0.798. The fourth-order valence-corrected chi connectivity index (χ4v) is 3.90. The van der Waals surface area contributed by atoms with E-state index in [2.05, 4.69) is 29.8 Å². The molecule has 2 aliphatic heterocycles. The van der Waals surface area contributed by atoms with Crippen LogP contribution < -0.4 is 4.90 Å². The van der Waals surface area contributed by atoms with Crippen LogP contribution in [0.5, 0.6) is 0 Å². The first kappa shape index (κ1) is 16.1. The molecule has 3 atom stereocenters. The highest BCUT2D eigenvalue weighted by Gasteiger charge is 2.46. The van der Waals surface area contributed by atoms with Crippen molar-refractivity contribution in [2.45, 2.75) is 71.2 Å².